The van der Waals surface area contributed by atoms with Gasteiger partial charge in [0, 0.05) is 68.3 Å². The monoisotopic (exact) mass is 2150 g/mol. The standard InChI is InChI=1S/C94H148N30O24S2/c1-14-48(6)72(123-85(140)62(33-46(2)3)114-76(131)50(8)107-70(128)40-104-74(129)49(7)109-88(143)69(43-149)121-83(138)63(34-55-23-17-15-18-24-55)117-84(139)66(37-58-39-101-45-106-58)115-79(134)59(95)27-21-30-102-93(96)97)90(145)118-65(36-57-38-100-44-105-57)82(137)110-53(11)77(132)112-60(28-22-31-103-94(98)99)80(135)116-64(35-56-25-19-16-20-26-56)86(141)122-71(47(4)5)89(144)113-61(29-32-150-13)81(136)124-73(54(12)127)91(146)111-51(9)75(130)108-52(10)78(133)119-67(41-125)87(142)120-68(42-126)92(147)148/h15-20,23-26,38-39,44-54,59-69,71-73,125-127,149H,14,21-22,27-37,40-43,95H2,1-13H3,(H,100,105)(H,101,106)(H,104,129)(H,107,128)(H,108,130)(H,109,143)(H,110,137)(H,111,146)(H,112,132)(H,113,144)(H,114,131)(H,115,134)(H,116,135)(H,117,139)(H,118,145)(H,119,133)(H,120,142)(H,121,138)(H,122,141)(H,123,140)(H,124,136)(H,147,148)(H4,96,97,102)(H4,98,99,103)/t48-,49-,50-,51-,52-,53-,54+,59-,60-,61-,62-,63-,64-,65-,66-,67-,68-,69-,71-,72-,73-/m0/s1. The normalized spacial score (nSPS) is 15.3. The lowest BCUT2D eigenvalue weighted by atomic mass is 9.96. The van der Waals surface area contributed by atoms with Crippen LogP contribution in [-0.2, 0) is 122 Å². The number of carbonyl (C=O) groups is 20. The van der Waals surface area contributed by atoms with Gasteiger partial charge in [0.1, 0.15) is 109 Å². The van der Waals surface area contributed by atoms with Crippen LogP contribution in [0.25, 0.3) is 0 Å². The number of H-pyrrole nitrogens is 2. The van der Waals surface area contributed by atoms with Crippen LogP contribution in [0.1, 0.15) is 151 Å². The third-order valence-electron chi connectivity index (χ3n) is 23.3. The Morgan fingerprint density at radius 2 is 0.740 bits per heavy atom. The lowest BCUT2D eigenvalue weighted by Gasteiger charge is -2.30. The van der Waals surface area contributed by atoms with Crippen LogP contribution < -0.4 is 129 Å². The summed E-state index contributed by atoms with van der Waals surface area (Å²) in [6.45, 7) is 14.8. The topological polar surface area (TPSA) is 858 Å². The molecular weight excluding hydrogens is 2000 g/mol. The second kappa shape index (κ2) is 65.9. The number of thiol groups is 1. The van der Waals surface area contributed by atoms with Gasteiger partial charge in [-0.05, 0) is 121 Å². The van der Waals surface area contributed by atoms with Crippen molar-refractivity contribution in [2.45, 2.75) is 275 Å². The molecule has 0 radical (unpaired) electrons. The molecule has 35 N–H and O–H groups in total. The smallest absolute Gasteiger partial charge is 0.328 e. The van der Waals surface area contributed by atoms with Crippen LogP contribution in [0, 0.1) is 28.6 Å². The molecule has 0 fully saturated rings. The summed E-state index contributed by atoms with van der Waals surface area (Å²) < 4.78 is 0. The van der Waals surface area contributed by atoms with Gasteiger partial charge >= 0.3 is 5.97 Å². The van der Waals surface area contributed by atoms with Crippen LogP contribution in [0.2, 0.25) is 0 Å². The SMILES string of the molecule is CC[C@H](C)[C@H](NC(=O)[C@H](CC(C)C)NC(=O)[C@H](C)NC(=O)CNC(=O)[C@H](C)NC(=O)[C@H](CS)NC(=O)[C@H](Cc1ccccc1)NC(=O)[C@H](Cc1cnc[nH]1)NC(=O)[C@@H](N)CCCNC(=N)N)C(=O)N[C@@H](Cc1cnc[nH]1)C(=O)N[C@@H](C)C(=O)N[C@@H](CCCNC(=N)N)C(=O)N[C@@H](Cc1ccccc1)C(=O)N[C@H](C(=O)N[C@@H](CCSC)C(=O)N[C@H](C(=O)N[C@@H](C)C(=O)N[C@@H](C)C(=O)N[C@@H](CO)C(=O)N[C@@H](CO)C(=O)O)[C@@H](C)O)C(C)C. The number of aliphatic hydroxyl groups is 3. The molecule has 150 heavy (non-hydrogen) atoms. The Morgan fingerprint density at radius 1 is 0.393 bits per heavy atom. The van der Waals surface area contributed by atoms with Crippen molar-refractivity contribution in [3.05, 3.63) is 108 Å². The highest BCUT2D eigenvalue weighted by Crippen LogP contribution is 2.17. The fourth-order valence-corrected chi connectivity index (χ4v) is 15.1. The number of carboxylic acids is 1. The molecule has 0 bridgehead atoms. The second-order valence-corrected chi connectivity index (χ2v) is 38.0. The zero-order valence-corrected chi connectivity index (χ0v) is 87.7. The van der Waals surface area contributed by atoms with Crippen molar-refractivity contribution in [3.8, 4) is 0 Å². The predicted octanol–water partition coefficient (Wildman–Crippen LogP) is -8.92. The molecule has 0 aliphatic heterocycles. The van der Waals surface area contributed by atoms with Crippen molar-refractivity contribution < 1.29 is 116 Å². The molecule has 0 aliphatic rings. The predicted molar refractivity (Wildman–Crippen MR) is 551 cm³/mol. The molecule has 56 heteroatoms. The number of carbonyl (C=O) groups excluding carboxylic acids is 19. The molecule has 4 rings (SSSR count). The maximum Gasteiger partial charge on any atom is 0.328 e. The summed E-state index contributed by atoms with van der Waals surface area (Å²) in [5.74, 6) is -21.9. The van der Waals surface area contributed by atoms with Crippen molar-refractivity contribution in [3.63, 3.8) is 0 Å². The molecule has 2 heterocycles. The van der Waals surface area contributed by atoms with Crippen LogP contribution in [0.4, 0.5) is 0 Å². The van der Waals surface area contributed by atoms with E-state index in [1.807, 2.05) is 5.32 Å². The number of nitrogens with two attached hydrogens (primary N) is 3. The highest BCUT2D eigenvalue weighted by molar-refractivity contribution is 7.98. The summed E-state index contributed by atoms with van der Waals surface area (Å²) in [4.78, 5) is 291. The number of carboxylic acid groups (broad SMARTS) is 1. The number of thioether (sulfide) groups is 1. The average molecular weight is 2150 g/mol. The quantitative estimate of drug-likeness (QED) is 0.00845. The van der Waals surface area contributed by atoms with E-state index in [0.717, 1.165) is 6.92 Å². The van der Waals surface area contributed by atoms with Gasteiger partial charge in [-0.1, -0.05) is 109 Å². The molecule has 0 aliphatic carbocycles. The number of imidazole rings is 2. The van der Waals surface area contributed by atoms with E-state index in [1.54, 1.807) is 108 Å². The van der Waals surface area contributed by atoms with E-state index in [-0.39, 0.29) is 101 Å². The van der Waals surface area contributed by atoms with Crippen LogP contribution in [0.5, 0.6) is 0 Å². The summed E-state index contributed by atoms with van der Waals surface area (Å²) in [6, 6.07) is -11.2. The lowest BCUT2D eigenvalue weighted by molar-refractivity contribution is -0.143. The number of aromatic nitrogens is 4. The van der Waals surface area contributed by atoms with Crippen molar-refractivity contribution in [1.82, 2.24) is 132 Å². The molecule has 21 atom stereocenters. The molecule has 0 unspecified atom stereocenters. The van der Waals surface area contributed by atoms with Gasteiger partial charge in [-0.3, -0.25) is 102 Å². The molecule has 0 saturated heterocycles. The molecule has 830 valence electrons. The van der Waals surface area contributed by atoms with E-state index in [9.17, 15) is 116 Å². The van der Waals surface area contributed by atoms with E-state index >= 15 is 0 Å². The van der Waals surface area contributed by atoms with Gasteiger partial charge in [0.2, 0.25) is 112 Å². The summed E-state index contributed by atoms with van der Waals surface area (Å²) in [6.07, 6.45) is 5.24. The Hall–Kier alpha value is -14.7. The van der Waals surface area contributed by atoms with Crippen molar-refractivity contribution in [2.24, 2.45) is 35.0 Å². The minimum absolute atomic E-state index is 0.00982. The van der Waals surface area contributed by atoms with Gasteiger partial charge in [0.25, 0.3) is 0 Å². The van der Waals surface area contributed by atoms with Gasteiger partial charge in [0.05, 0.1) is 44.6 Å². The molecule has 4 aromatic rings. The van der Waals surface area contributed by atoms with Crippen LogP contribution >= 0.6 is 24.4 Å². The number of rotatable bonds is 67. The minimum Gasteiger partial charge on any atom is -0.480 e. The number of guanidine groups is 2. The molecule has 0 spiro atoms. The Morgan fingerprint density at radius 3 is 1.19 bits per heavy atom. The van der Waals surface area contributed by atoms with Crippen LogP contribution in [-0.4, -0.2) is 342 Å². The zero-order valence-electron chi connectivity index (χ0n) is 86.0. The maximum atomic E-state index is 14.9. The van der Waals surface area contributed by atoms with Gasteiger partial charge in [-0.25, -0.2) is 14.8 Å². The fraction of sp³-hybridized carbons (Fsp3) is 0.574. The van der Waals surface area contributed by atoms with Gasteiger partial charge < -0.3 is 159 Å². The first-order valence-corrected chi connectivity index (χ1v) is 50.8. The molecule has 0 saturated carbocycles. The van der Waals surface area contributed by atoms with Gasteiger partial charge in [-0.2, -0.15) is 24.4 Å². The zero-order chi connectivity index (χ0) is 112. The summed E-state index contributed by atoms with van der Waals surface area (Å²) >= 11 is 5.55. The number of aromatic amines is 2. The Balaban J connectivity index is 1.47. The van der Waals surface area contributed by atoms with E-state index in [1.165, 1.54) is 71.4 Å². The number of benzene rings is 2. The van der Waals surface area contributed by atoms with Crippen LogP contribution in [0.15, 0.2) is 85.7 Å². The first-order chi connectivity index (χ1) is 70.8. The Kier molecular flexibility index (Phi) is 56.1. The van der Waals surface area contributed by atoms with E-state index in [0.29, 0.717) is 28.9 Å². The number of aliphatic carboxylic acids is 1. The first kappa shape index (κ1) is 128. The summed E-state index contributed by atoms with van der Waals surface area (Å²) in [5.41, 5.74) is 19.0. The number of hydrogen-bond acceptors (Lipinski definition) is 30. The van der Waals surface area contributed by atoms with Gasteiger partial charge in [0.15, 0.2) is 11.9 Å². The average Bonchev–Trinajstić information content (AvgIpc) is 1.01. The number of nitrogens with one attached hydrogen (secondary N) is 25. The molecular formula is C94H148N30O24S2. The Labute approximate surface area is 877 Å². The fourth-order valence-electron chi connectivity index (χ4n) is 14.4. The third kappa shape index (κ3) is 45.6. The van der Waals surface area contributed by atoms with E-state index in [2.05, 4.69) is 139 Å². The van der Waals surface area contributed by atoms with Crippen molar-refractivity contribution in [2.75, 3.05) is 50.6 Å². The second-order valence-electron chi connectivity index (χ2n) is 36.7. The minimum atomic E-state index is -1.80. The number of amides is 19. The number of aliphatic hydroxyl groups excluding tert-OH is 3. The Bertz CT molecular complexity index is 5150. The molecule has 54 nitrogen and oxygen atoms in total. The van der Waals surface area contributed by atoms with E-state index < -0.39 is 277 Å². The summed E-state index contributed by atoms with van der Waals surface area (Å²) in [7, 11) is 0. The molecule has 2 aromatic carbocycles. The largest absolute Gasteiger partial charge is 0.480 e. The molecule has 2 aromatic heterocycles. The lowest BCUT2D eigenvalue weighted by Crippen LogP contribution is -2.62. The third-order valence-corrected chi connectivity index (χ3v) is 24.3. The van der Waals surface area contributed by atoms with Crippen molar-refractivity contribution in [1.29, 1.82) is 10.8 Å². The summed E-state index contributed by atoms with van der Waals surface area (Å²) in [5, 5.41) is 107. The van der Waals surface area contributed by atoms with Crippen LogP contribution in [0.3, 0.4) is 0 Å². The first-order valence-electron chi connectivity index (χ1n) is 48.8. The van der Waals surface area contributed by atoms with Crippen molar-refractivity contribution >= 4 is 155 Å². The number of nitrogens with zero attached hydrogens (tertiary/aromatic N) is 2. The number of hydrogen-bond donors (Lipinski definition) is 33. The maximum absolute atomic E-state index is 14.9. The highest BCUT2D eigenvalue weighted by atomic mass is 32.2. The highest BCUT2D eigenvalue weighted by Gasteiger charge is 2.41. The molecule has 19 amide bonds. The van der Waals surface area contributed by atoms with E-state index in [4.69, 9.17) is 28.0 Å². The van der Waals surface area contributed by atoms with Gasteiger partial charge in [-0.15, -0.1) is 0 Å².